The fraction of sp³-hybridized carbons (Fsp3) is 0.462. The van der Waals surface area contributed by atoms with Crippen LogP contribution in [-0.2, 0) is 0 Å². The molecule has 5 heteroatoms. The molecule has 1 aromatic rings. The maximum atomic E-state index is 12.3. The van der Waals surface area contributed by atoms with Crippen LogP contribution in [0, 0.1) is 11.8 Å². The van der Waals surface area contributed by atoms with Crippen LogP contribution in [0.25, 0.3) is 0 Å². The highest BCUT2D eigenvalue weighted by molar-refractivity contribution is 7.98. The van der Waals surface area contributed by atoms with Gasteiger partial charge >= 0.3 is 0 Å². The first-order chi connectivity index (χ1) is 8.61. The summed E-state index contributed by atoms with van der Waals surface area (Å²) in [6.45, 7) is 1.84. The average molecular weight is 283 g/mol. The molecule has 0 saturated carbocycles. The molecule has 0 aliphatic carbocycles. The number of hydrogen-bond donors (Lipinski definition) is 1. The Morgan fingerprint density at radius 2 is 2.39 bits per heavy atom. The van der Waals surface area contributed by atoms with Gasteiger partial charge in [0.2, 0.25) is 0 Å². The summed E-state index contributed by atoms with van der Waals surface area (Å²) >= 11 is 3.11. The first kappa shape index (κ1) is 15.1. The smallest absolute Gasteiger partial charge is 0.265 e. The van der Waals surface area contributed by atoms with Crippen LogP contribution in [0.15, 0.2) is 11.4 Å². The second-order valence-electron chi connectivity index (χ2n) is 3.84. The van der Waals surface area contributed by atoms with E-state index in [2.05, 4.69) is 11.8 Å². The van der Waals surface area contributed by atoms with Crippen molar-refractivity contribution in [3.63, 3.8) is 0 Å². The Morgan fingerprint density at radius 1 is 1.67 bits per heavy atom. The van der Waals surface area contributed by atoms with Gasteiger partial charge in [-0.1, -0.05) is 11.8 Å². The van der Waals surface area contributed by atoms with Crippen LogP contribution < -0.4 is 0 Å². The van der Waals surface area contributed by atoms with Gasteiger partial charge < -0.3 is 10.0 Å². The molecule has 3 nitrogen and oxygen atoms in total. The van der Waals surface area contributed by atoms with Crippen LogP contribution in [0.3, 0.4) is 0 Å². The number of carbonyl (C=O) groups is 1. The van der Waals surface area contributed by atoms with Gasteiger partial charge in [-0.2, -0.15) is 11.8 Å². The van der Waals surface area contributed by atoms with Crippen molar-refractivity contribution in [3.05, 3.63) is 21.9 Å². The molecule has 1 atom stereocenters. The molecule has 1 heterocycles. The molecule has 0 fully saturated rings. The quantitative estimate of drug-likeness (QED) is 0.858. The molecule has 0 radical (unpaired) electrons. The fourth-order valence-electron chi connectivity index (χ4n) is 1.42. The summed E-state index contributed by atoms with van der Waals surface area (Å²) in [5.74, 6) is 6.29. The van der Waals surface area contributed by atoms with Gasteiger partial charge in [0.25, 0.3) is 5.91 Å². The third kappa shape index (κ3) is 3.77. The normalized spacial score (nSPS) is 11.6. The Hall–Kier alpha value is -0.960. The van der Waals surface area contributed by atoms with E-state index in [-0.39, 0.29) is 18.6 Å². The predicted octanol–water partition coefficient (Wildman–Crippen LogP) is 1.92. The standard InChI is InChI=1S/C13H17NO2S2/c1-10(9-17-3)14(2)13(16)12-11(5-4-7-15)6-8-18-12/h6,8,10,15H,7,9H2,1-3H3. The minimum absolute atomic E-state index is 0.00575. The Labute approximate surface area is 116 Å². The highest BCUT2D eigenvalue weighted by Gasteiger charge is 2.20. The molecular weight excluding hydrogens is 266 g/mol. The summed E-state index contributed by atoms with van der Waals surface area (Å²) in [7, 11) is 1.81. The zero-order chi connectivity index (χ0) is 13.5. The maximum absolute atomic E-state index is 12.3. The molecule has 1 aromatic heterocycles. The number of aliphatic hydroxyl groups excluding tert-OH is 1. The number of hydrogen-bond acceptors (Lipinski definition) is 4. The van der Waals surface area contributed by atoms with Gasteiger partial charge in [0.15, 0.2) is 0 Å². The number of rotatable bonds is 4. The van der Waals surface area contributed by atoms with E-state index in [1.54, 1.807) is 16.7 Å². The lowest BCUT2D eigenvalue weighted by atomic mass is 10.2. The van der Waals surface area contributed by atoms with Crippen molar-refractivity contribution in [1.29, 1.82) is 0 Å². The van der Waals surface area contributed by atoms with Crippen molar-refractivity contribution >= 4 is 29.0 Å². The van der Waals surface area contributed by atoms with E-state index in [4.69, 9.17) is 5.11 Å². The van der Waals surface area contributed by atoms with Crippen molar-refractivity contribution in [3.8, 4) is 11.8 Å². The minimum atomic E-state index is -0.192. The van der Waals surface area contributed by atoms with Crippen LogP contribution in [0.4, 0.5) is 0 Å². The average Bonchev–Trinajstić information content (AvgIpc) is 2.83. The first-order valence-electron chi connectivity index (χ1n) is 5.55. The van der Waals surface area contributed by atoms with Gasteiger partial charge in [-0.25, -0.2) is 0 Å². The summed E-state index contributed by atoms with van der Waals surface area (Å²) in [5, 5.41) is 10.5. The highest BCUT2D eigenvalue weighted by Crippen LogP contribution is 2.19. The zero-order valence-corrected chi connectivity index (χ0v) is 12.4. The molecule has 0 bridgehead atoms. The number of thiophene rings is 1. The predicted molar refractivity (Wildman–Crippen MR) is 78.2 cm³/mol. The van der Waals surface area contributed by atoms with Crippen molar-refractivity contribution in [2.24, 2.45) is 0 Å². The zero-order valence-electron chi connectivity index (χ0n) is 10.8. The molecule has 98 valence electrons. The lowest BCUT2D eigenvalue weighted by molar-refractivity contribution is 0.0762. The Morgan fingerprint density at radius 3 is 3.00 bits per heavy atom. The molecule has 18 heavy (non-hydrogen) atoms. The fourth-order valence-corrected chi connectivity index (χ4v) is 2.96. The second kappa shape index (κ2) is 7.47. The number of carbonyl (C=O) groups excluding carboxylic acids is 1. The van der Waals surface area contributed by atoms with Crippen molar-refractivity contribution < 1.29 is 9.90 Å². The van der Waals surface area contributed by atoms with Gasteiger partial charge in [-0.05, 0) is 24.6 Å². The first-order valence-corrected chi connectivity index (χ1v) is 7.82. The van der Waals surface area contributed by atoms with Gasteiger partial charge in [0.05, 0.1) is 0 Å². The van der Waals surface area contributed by atoms with Crippen LogP contribution in [0.2, 0.25) is 0 Å². The van der Waals surface area contributed by atoms with E-state index >= 15 is 0 Å². The van der Waals surface area contributed by atoms with Gasteiger partial charge in [0, 0.05) is 24.4 Å². The molecule has 0 spiro atoms. The van der Waals surface area contributed by atoms with E-state index in [9.17, 15) is 4.79 Å². The lowest BCUT2D eigenvalue weighted by Gasteiger charge is -2.23. The summed E-state index contributed by atoms with van der Waals surface area (Å²) in [6, 6.07) is 2.00. The van der Waals surface area contributed by atoms with Crippen molar-refractivity contribution in [1.82, 2.24) is 4.90 Å². The van der Waals surface area contributed by atoms with E-state index in [1.165, 1.54) is 11.3 Å². The Kier molecular flexibility index (Phi) is 6.27. The molecule has 0 aromatic carbocycles. The van der Waals surface area contributed by atoms with Crippen LogP contribution in [0.1, 0.15) is 22.2 Å². The van der Waals surface area contributed by atoms with Crippen LogP contribution >= 0.6 is 23.1 Å². The Bertz CT molecular complexity index is 459. The van der Waals surface area contributed by atoms with E-state index in [0.29, 0.717) is 10.4 Å². The lowest BCUT2D eigenvalue weighted by Crippen LogP contribution is -2.36. The summed E-state index contributed by atoms with van der Waals surface area (Å²) < 4.78 is 0. The minimum Gasteiger partial charge on any atom is -0.384 e. The van der Waals surface area contributed by atoms with Gasteiger partial charge in [-0.15, -0.1) is 11.3 Å². The number of aliphatic hydroxyl groups is 1. The summed E-state index contributed by atoms with van der Waals surface area (Å²) in [5.41, 5.74) is 0.697. The Balaban J connectivity index is 2.87. The number of amides is 1. The molecule has 1 unspecified atom stereocenters. The van der Waals surface area contributed by atoms with E-state index < -0.39 is 0 Å². The third-order valence-electron chi connectivity index (χ3n) is 2.55. The summed E-state index contributed by atoms with van der Waals surface area (Å²) in [4.78, 5) is 14.7. The van der Waals surface area contributed by atoms with Crippen LogP contribution in [-0.4, -0.2) is 47.6 Å². The van der Waals surface area contributed by atoms with Crippen LogP contribution in [0.5, 0.6) is 0 Å². The largest absolute Gasteiger partial charge is 0.384 e. The number of thioether (sulfide) groups is 1. The SMILES string of the molecule is CSCC(C)N(C)C(=O)c1sccc1C#CCO. The summed E-state index contributed by atoms with van der Waals surface area (Å²) in [6.07, 6.45) is 2.03. The third-order valence-corrected chi connectivity index (χ3v) is 4.27. The van der Waals surface area contributed by atoms with Gasteiger partial charge in [-0.3, -0.25) is 4.79 Å². The molecular formula is C13H17NO2S2. The number of nitrogens with zero attached hydrogens (tertiary/aromatic N) is 1. The molecule has 0 aliphatic heterocycles. The molecule has 0 aliphatic rings. The topological polar surface area (TPSA) is 40.5 Å². The van der Waals surface area contributed by atoms with E-state index in [1.807, 2.05) is 31.7 Å². The molecule has 0 saturated heterocycles. The maximum Gasteiger partial charge on any atom is 0.265 e. The molecule has 1 rings (SSSR count). The van der Waals surface area contributed by atoms with Gasteiger partial charge in [0.1, 0.15) is 11.5 Å². The van der Waals surface area contributed by atoms with Crippen molar-refractivity contribution in [2.75, 3.05) is 25.7 Å². The van der Waals surface area contributed by atoms with Crippen molar-refractivity contribution in [2.45, 2.75) is 13.0 Å². The monoisotopic (exact) mass is 283 g/mol. The van der Waals surface area contributed by atoms with E-state index in [0.717, 1.165) is 5.75 Å². The molecule has 1 amide bonds. The highest BCUT2D eigenvalue weighted by atomic mass is 32.2. The second-order valence-corrected chi connectivity index (χ2v) is 5.67. The molecule has 1 N–H and O–H groups in total.